The summed E-state index contributed by atoms with van der Waals surface area (Å²) in [6.45, 7) is 1.13. The van der Waals surface area contributed by atoms with Crippen molar-refractivity contribution in [1.29, 1.82) is 0 Å². The van der Waals surface area contributed by atoms with Crippen LogP contribution in [0.3, 0.4) is 0 Å². The first-order chi connectivity index (χ1) is 7.63. The Labute approximate surface area is 96.4 Å². The molecule has 6 heteroatoms. The van der Waals surface area contributed by atoms with Gasteiger partial charge in [0, 0.05) is 19.2 Å². The van der Waals surface area contributed by atoms with Crippen LogP contribution >= 0.6 is 0 Å². The van der Waals surface area contributed by atoms with Crippen molar-refractivity contribution >= 4 is 10.0 Å². The third-order valence-corrected chi connectivity index (χ3v) is 5.30. The minimum absolute atomic E-state index is 0.0729. The molecule has 5 nitrogen and oxygen atoms in total. The van der Waals surface area contributed by atoms with E-state index < -0.39 is 10.0 Å². The smallest absolute Gasteiger partial charge is 0.216 e. The van der Waals surface area contributed by atoms with Crippen LogP contribution in [-0.2, 0) is 14.8 Å². The average Bonchev–Trinajstić information content (AvgIpc) is 2.85. The fourth-order valence-electron chi connectivity index (χ4n) is 2.46. The molecule has 1 unspecified atom stereocenters. The van der Waals surface area contributed by atoms with Crippen LogP contribution in [0.2, 0.25) is 0 Å². The van der Waals surface area contributed by atoms with Crippen molar-refractivity contribution in [2.45, 2.75) is 37.8 Å². The molecule has 0 amide bonds. The molecule has 2 rings (SSSR count). The molecule has 0 aliphatic carbocycles. The molecule has 0 aromatic heterocycles. The minimum Gasteiger partial charge on any atom is -0.395 e. The van der Waals surface area contributed by atoms with Crippen LogP contribution in [0, 0.1) is 0 Å². The van der Waals surface area contributed by atoms with Crippen LogP contribution in [0.5, 0.6) is 0 Å². The topological polar surface area (TPSA) is 66.8 Å². The number of aliphatic hydroxyl groups is 1. The van der Waals surface area contributed by atoms with Crippen molar-refractivity contribution in [2.75, 3.05) is 25.5 Å². The molecule has 0 bridgehead atoms. The highest BCUT2D eigenvalue weighted by Gasteiger charge is 2.35. The van der Waals surface area contributed by atoms with Gasteiger partial charge >= 0.3 is 0 Å². The molecular weight excluding hydrogens is 230 g/mol. The van der Waals surface area contributed by atoms with E-state index in [4.69, 9.17) is 9.84 Å². The lowest BCUT2D eigenvalue weighted by atomic mass is 10.2. The highest BCUT2D eigenvalue weighted by Crippen LogP contribution is 2.23. The van der Waals surface area contributed by atoms with E-state index in [1.54, 1.807) is 0 Å². The third-order valence-electron chi connectivity index (χ3n) is 3.31. The number of nitrogens with zero attached hydrogens (tertiary/aromatic N) is 1. The van der Waals surface area contributed by atoms with E-state index in [9.17, 15) is 8.42 Å². The second kappa shape index (κ2) is 5.00. The van der Waals surface area contributed by atoms with Gasteiger partial charge in [0.15, 0.2) is 0 Å². The summed E-state index contributed by atoms with van der Waals surface area (Å²) in [5.74, 6) is 0.0729. The molecule has 0 saturated carbocycles. The van der Waals surface area contributed by atoms with E-state index in [-0.39, 0.29) is 24.5 Å². The molecule has 2 fully saturated rings. The van der Waals surface area contributed by atoms with Crippen LogP contribution < -0.4 is 0 Å². The van der Waals surface area contributed by atoms with Gasteiger partial charge in [-0.05, 0) is 25.7 Å². The van der Waals surface area contributed by atoms with Gasteiger partial charge in [0.05, 0.1) is 18.5 Å². The maximum atomic E-state index is 12.1. The van der Waals surface area contributed by atoms with Gasteiger partial charge in [0.1, 0.15) is 0 Å². The van der Waals surface area contributed by atoms with E-state index in [0.29, 0.717) is 13.2 Å². The summed E-state index contributed by atoms with van der Waals surface area (Å²) in [7, 11) is -3.26. The van der Waals surface area contributed by atoms with E-state index in [0.717, 1.165) is 25.7 Å². The third kappa shape index (κ3) is 2.56. The van der Waals surface area contributed by atoms with Gasteiger partial charge in [-0.25, -0.2) is 8.42 Å². The van der Waals surface area contributed by atoms with E-state index >= 15 is 0 Å². The van der Waals surface area contributed by atoms with Gasteiger partial charge in [-0.15, -0.1) is 0 Å². The number of hydrogen-bond acceptors (Lipinski definition) is 4. The zero-order valence-corrected chi connectivity index (χ0v) is 10.2. The second-order valence-corrected chi connectivity index (χ2v) is 6.47. The van der Waals surface area contributed by atoms with Crippen molar-refractivity contribution in [2.24, 2.45) is 0 Å². The Balaban J connectivity index is 2.00. The van der Waals surface area contributed by atoms with Crippen LogP contribution in [0.25, 0.3) is 0 Å². The van der Waals surface area contributed by atoms with Gasteiger partial charge in [0.25, 0.3) is 0 Å². The molecular formula is C10H19NO4S. The van der Waals surface area contributed by atoms with Gasteiger partial charge in [0.2, 0.25) is 10.0 Å². The summed E-state index contributed by atoms with van der Waals surface area (Å²) in [6.07, 6.45) is 3.24. The Morgan fingerprint density at radius 1 is 1.31 bits per heavy atom. The average molecular weight is 249 g/mol. The zero-order chi connectivity index (χ0) is 11.6. The Kier molecular flexibility index (Phi) is 3.84. The van der Waals surface area contributed by atoms with E-state index in [1.807, 2.05) is 0 Å². The Morgan fingerprint density at radius 2 is 2.12 bits per heavy atom. The summed E-state index contributed by atoms with van der Waals surface area (Å²) < 4.78 is 31.0. The summed E-state index contributed by atoms with van der Waals surface area (Å²) in [5.41, 5.74) is 0. The van der Waals surface area contributed by atoms with Crippen LogP contribution in [0.15, 0.2) is 0 Å². The lowest BCUT2D eigenvalue weighted by molar-refractivity contribution is 0.125. The lowest BCUT2D eigenvalue weighted by Crippen LogP contribution is -2.41. The summed E-state index contributed by atoms with van der Waals surface area (Å²) >= 11 is 0. The summed E-state index contributed by atoms with van der Waals surface area (Å²) in [6, 6.07) is -0.216. The second-order valence-electron chi connectivity index (χ2n) is 4.50. The minimum atomic E-state index is -3.26. The zero-order valence-electron chi connectivity index (χ0n) is 9.34. The van der Waals surface area contributed by atoms with Gasteiger partial charge in [-0.3, -0.25) is 0 Å². The highest BCUT2D eigenvalue weighted by atomic mass is 32.2. The van der Waals surface area contributed by atoms with Crippen molar-refractivity contribution in [3.05, 3.63) is 0 Å². The molecule has 1 N–H and O–H groups in total. The molecule has 2 saturated heterocycles. The molecule has 2 aliphatic rings. The molecule has 2 atom stereocenters. The predicted octanol–water partition coefficient (Wildman–Crippen LogP) is -0.0481. The van der Waals surface area contributed by atoms with Crippen LogP contribution in [-0.4, -0.2) is 55.5 Å². The SMILES string of the molecule is O=S(=O)(CC1CCCO1)N1CCC[C@H]1CO. The van der Waals surface area contributed by atoms with Crippen molar-refractivity contribution in [1.82, 2.24) is 4.31 Å². The molecule has 16 heavy (non-hydrogen) atoms. The Hall–Kier alpha value is -0.170. The molecule has 94 valence electrons. The molecule has 0 aromatic rings. The largest absolute Gasteiger partial charge is 0.395 e. The highest BCUT2D eigenvalue weighted by molar-refractivity contribution is 7.89. The van der Waals surface area contributed by atoms with Crippen molar-refractivity contribution in [3.63, 3.8) is 0 Å². The fourth-order valence-corrected chi connectivity index (χ4v) is 4.42. The first kappa shape index (κ1) is 12.3. The monoisotopic (exact) mass is 249 g/mol. The predicted molar refractivity (Wildman–Crippen MR) is 59.6 cm³/mol. The summed E-state index contributed by atoms with van der Waals surface area (Å²) in [5, 5.41) is 9.12. The number of ether oxygens (including phenoxy) is 1. The molecule has 2 aliphatic heterocycles. The summed E-state index contributed by atoms with van der Waals surface area (Å²) in [4.78, 5) is 0. The number of sulfonamides is 1. The molecule has 2 heterocycles. The quantitative estimate of drug-likeness (QED) is 0.758. The number of hydrogen-bond donors (Lipinski definition) is 1. The van der Waals surface area contributed by atoms with Crippen LogP contribution in [0.4, 0.5) is 0 Å². The van der Waals surface area contributed by atoms with Crippen molar-refractivity contribution < 1.29 is 18.3 Å². The normalized spacial score (nSPS) is 32.3. The maximum absolute atomic E-state index is 12.1. The first-order valence-electron chi connectivity index (χ1n) is 5.85. The van der Waals surface area contributed by atoms with Gasteiger partial charge in [-0.1, -0.05) is 0 Å². The molecule has 0 spiro atoms. The van der Waals surface area contributed by atoms with Gasteiger partial charge in [-0.2, -0.15) is 4.31 Å². The number of rotatable bonds is 4. The van der Waals surface area contributed by atoms with Crippen LogP contribution in [0.1, 0.15) is 25.7 Å². The maximum Gasteiger partial charge on any atom is 0.216 e. The molecule has 0 aromatic carbocycles. The van der Waals surface area contributed by atoms with Crippen molar-refractivity contribution in [3.8, 4) is 0 Å². The lowest BCUT2D eigenvalue weighted by Gasteiger charge is -2.23. The Morgan fingerprint density at radius 3 is 2.75 bits per heavy atom. The van der Waals surface area contributed by atoms with E-state index in [1.165, 1.54) is 4.31 Å². The van der Waals surface area contributed by atoms with Gasteiger partial charge < -0.3 is 9.84 Å². The Bertz CT molecular complexity index is 324. The standard InChI is InChI=1S/C10H19NO4S/c12-7-9-3-1-5-11(9)16(13,14)8-10-4-2-6-15-10/h9-10,12H,1-8H2/t9-,10?/m0/s1. The van der Waals surface area contributed by atoms with E-state index in [2.05, 4.69) is 0 Å². The molecule has 0 radical (unpaired) electrons. The number of aliphatic hydroxyl groups excluding tert-OH is 1. The fraction of sp³-hybridized carbons (Fsp3) is 1.00. The first-order valence-corrected chi connectivity index (χ1v) is 7.46.